The number of esters is 1. The largest absolute Gasteiger partial charge is 0.466 e. The second-order valence-corrected chi connectivity index (χ2v) is 6.62. The second-order valence-electron chi connectivity index (χ2n) is 6.62. The van der Waals surface area contributed by atoms with E-state index < -0.39 is 0 Å². The molecule has 0 aromatic heterocycles. The van der Waals surface area contributed by atoms with Crippen molar-refractivity contribution in [3.8, 4) is 0 Å². The molecular formula is C16H31N3O2. The number of nitrogens with one attached hydrogen (secondary N) is 1. The van der Waals surface area contributed by atoms with Crippen LogP contribution >= 0.6 is 0 Å². The lowest BCUT2D eigenvalue weighted by Gasteiger charge is -2.39. The molecule has 2 fully saturated rings. The lowest BCUT2D eigenvalue weighted by molar-refractivity contribution is -0.149. The third-order valence-electron chi connectivity index (χ3n) is 4.92. The first-order valence-corrected chi connectivity index (χ1v) is 8.39. The molecule has 5 nitrogen and oxygen atoms in total. The van der Waals surface area contributed by atoms with Crippen LogP contribution in [0.3, 0.4) is 0 Å². The number of carbonyl (C=O) groups is 1. The van der Waals surface area contributed by atoms with E-state index in [2.05, 4.69) is 29.2 Å². The van der Waals surface area contributed by atoms with Gasteiger partial charge in [-0.05, 0) is 40.3 Å². The summed E-state index contributed by atoms with van der Waals surface area (Å²) >= 11 is 0. The molecule has 1 aliphatic carbocycles. The summed E-state index contributed by atoms with van der Waals surface area (Å²) in [5.41, 5.74) is 0. The quantitative estimate of drug-likeness (QED) is 0.765. The van der Waals surface area contributed by atoms with Crippen LogP contribution in [-0.2, 0) is 9.53 Å². The topological polar surface area (TPSA) is 44.8 Å². The highest BCUT2D eigenvalue weighted by Gasteiger charge is 2.29. The Morgan fingerprint density at radius 1 is 1.29 bits per heavy atom. The SMILES string of the molecule is CCOC(=O)C1CCCC(NCC2CN(C)CCN2C)C1. The smallest absolute Gasteiger partial charge is 0.308 e. The highest BCUT2D eigenvalue weighted by Crippen LogP contribution is 2.25. The summed E-state index contributed by atoms with van der Waals surface area (Å²) in [6.07, 6.45) is 4.23. The highest BCUT2D eigenvalue weighted by atomic mass is 16.5. The molecule has 122 valence electrons. The number of piperazine rings is 1. The van der Waals surface area contributed by atoms with Crippen molar-refractivity contribution < 1.29 is 9.53 Å². The van der Waals surface area contributed by atoms with Crippen LogP contribution in [0, 0.1) is 5.92 Å². The first kappa shape index (κ1) is 16.7. The molecule has 5 heteroatoms. The molecular weight excluding hydrogens is 266 g/mol. The molecule has 0 bridgehead atoms. The lowest BCUT2D eigenvalue weighted by atomic mass is 9.85. The van der Waals surface area contributed by atoms with Crippen molar-refractivity contribution in [2.75, 3.05) is 46.9 Å². The minimum absolute atomic E-state index is 0.00137. The highest BCUT2D eigenvalue weighted by molar-refractivity contribution is 5.72. The minimum Gasteiger partial charge on any atom is -0.466 e. The van der Waals surface area contributed by atoms with Gasteiger partial charge in [0.05, 0.1) is 12.5 Å². The summed E-state index contributed by atoms with van der Waals surface area (Å²) in [7, 11) is 4.40. The number of rotatable bonds is 5. The van der Waals surface area contributed by atoms with Crippen molar-refractivity contribution >= 4 is 5.97 Å². The van der Waals surface area contributed by atoms with Crippen LogP contribution in [0.4, 0.5) is 0 Å². The minimum atomic E-state index is -0.00137. The van der Waals surface area contributed by atoms with Crippen LogP contribution in [0.5, 0.6) is 0 Å². The van der Waals surface area contributed by atoms with Crippen LogP contribution in [0.25, 0.3) is 0 Å². The Hall–Kier alpha value is -0.650. The Balaban J connectivity index is 1.76. The third-order valence-corrected chi connectivity index (χ3v) is 4.92. The van der Waals surface area contributed by atoms with Crippen LogP contribution < -0.4 is 5.32 Å². The number of hydrogen-bond acceptors (Lipinski definition) is 5. The molecule has 1 aliphatic heterocycles. The van der Waals surface area contributed by atoms with Gasteiger partial charge in [-0.3, -0.25) is 9.69 Å². The van der Waals surface area contributed by atoms with Crippen LogP contribution in [0.2, 0.25) is 0 Å². The van der Waals surface area contributed by atoms with Gasteiger partial charge >= 0.3 is 5.97 Å². The number of ether oxygens (including phenoxy) is 1. The van der Waals surface area contributed by atoms with E-state index in [9.17, 15) is 4.79 Å². The summed E-state index contributed by atoms with van der Waals surface area (Å²) in [6, 6.07) is 1.04. The Kier molecular flexibility index (Phi) is 6.45. The first-order chi connectivity index (χ1) is 10.1. The third kappa shape index (κ3) is 4.94. The fourth-order valence-corrected chi connectivity index (χ4v) is 3.47. The van der Waals surface area contributed by atoms with Crippen LogP contribution in [-0.4, -0.2) is 74.7 Å². The average molecular weight is 297 g/mol. The van der Waals surface area contributed by atoms with Gasteiger partial charge in [-0.15, -0.1) is 0 Å². The normalized spacial score (nSPS) is 32.0. The monoisotopic (exact) mass is 297 g/mol. The van der Waals surface area contributed by atoms with Gasteiger partial charge in [0.25, 0.3) is 0 Å². The molecule has 0 spiro atoms. The molecule has 2 rings (SSSR count). The average Bonchev–Trinajstić information content (AvgIpc) is 2.49. The molecule has 1 N–H and O–H groups in total. The summed E-state index contributed by atoms with van der Waals surface area (Å²) < 4.78 is 5.17. The van der Waals surface area contributed by atoms with Crippen molar-refractivity contribution in [1.29, 1.82) is 0 Å². The zero-order valence-electron chi connectivity index (χ0n) is 13.8. The zero-order valence-corrected chi connectivity index (χ0v) is 13.8. The first-order valence-electron chi connectivity index (χ1n) is 8.39. The summed E-state index contributed by atoms with van der Waals surface area (Å²) in [4.78, 5) is 16.7. The maximum absolute atomic E-state index is 11.9. The molecule has 0 aromatic rings. The van der Waals surface area contributed by atoms with E-state index in [0.717, 1.165) is 45.4 Å². The molecule has 0 amide bonds. The standard InChI is InChI=1S/C16H31N3O2/c1-4-21-16(20)13-6-5-7-14(10-13)17-11-15-12-18(2)8-9-19(15)3/h13-15,17H,4-12H2,1-3H3. The van der Waals surface area contributed by atoms with Gasteiger partial charge in [-0.1, -0.05) is 6.42 Å². The fourth-order valence-electron chi connectivity index (χ4n) is 3.47. The van der Waals surface area contributed by atoms with E-state index in [4.69, 9.17) is 4.74 Å². The number of carbonyl (C=O) groups excluding carboxylic acids is 1. The molecule has 0 aromatic carbocycles. The Morgan fingerprint density at radius 3 is 2.86 bits per heavy atom. The second kappa shape index (κ2) is 8.11. The number of nitrogens with zero attached hydrogens (tertiary/aromatic N) is 2. The molecule has 2 aliphatic rings. The molecule has 3 atom stereocenters. The van der Waals surface area contributed by atoms with Crippen molar-refractivity contribution in [2.24, 2.45) is 5.92 Å². The molecule has 0 radical (unpaired) electrons. The van der Waals surface area contributed by atoms with Crippen LogP contribution in [0.1, 0.15) is 32.6 Å². The van der Waals surface area contributed by atoms with E-state index >= 15 is 0 Å². The lowest BCUT2D eigenvalue weighted by Crippen LogP contribution is -2.55. The van der Waals surface area contributed by atoms with E-state index in [-0.39, 0.29) is 11.9 Å². The van der Waals surface area contributed by atoms with Gasteiger partial charge < -0.3 is 15.0 Å². The van der Waals surface area contributed by atoms with Crippen LogP contribution in [0.15, 0.2) is 0 Å². The van der Waals surface area contributed by atoms with E-state index in [1.165, 1.54) is 6.42 Å². The van der Waals surface area contributed by atoms with Gasteiger partial charge in [0.15, 0.2) is 0 Å². The van der Waals surface area contributed by atoms with Gasteiger partial charge in [0.2, 0.25) is 0 Å². The van der Waals surface area contributed by atoms with Crippen molar-refractivity contribution in [2.45, 2.75) is 44.7 Å². The van der Waals surface area contributed by atoms with Crippen molar-refractivity contribution in [3.05, 3.63) is 0 Å². The van der Waals surface area contributed by atoms with Crippen molar-refractivity contribution in [3.63, 3.8) is 0 Å². The van der Waals surface area contributed by atoms with E-state index in [0.29, 0.717) is 18.7 Å². The summed E-state index contributed by atoms with van der Waals surface area (Å²) in [6.45, 7) is 6.80. The number of hydrogen-bond donors (Lipinski definition) is 1. The molecule has 1 heterocycles. The number of likely N-dealkylation sites (N-methyl/N-ethyl adjacent to an activating group) is 2. The molecule has 1 saturated carbocycles. The summed E-state index contributed by atoms with van der Waals surface area (Å²) in [5, 5.41) is 3.69. The predicted molar refractivity (Wildman–Crippen MR) is 84.3 cm³/mol. The molecule has 1 saturated heterocycles. The Labute approximate surface area is 129 Å². The predicted octanol–water partition coefficient (Wildman–Crippen LogP) is 0.944. The van der Waals surface area contributed by atoms with Crippen molar-refractivity contribution in [1.82, 2.24) is 15.1 Å². The fraction of sp³-hybridized carbons (Fsp3) is 0.938. The van der Waals surface area contributed by atoms with E-state index in [1.807, 2.05) is 6.92 Å². The molecule has 21 heavy (non-hydrogen) atoms. The van der Waals surface area contributed by atoms with Gasteiger partial charge in [-0.25, -0.2) is 0 Å². The summed E-state index contributed by atoms with van der Waals surface area (Å²) in [5.74, 6) is 0.0986. The Morgan fingerprint density at radius 2 is 2.10 bits per heavy atom. The zero-order chi connectivity index (χ0) is 15.2. The van der Waals surface area contributed by atoms with E-state index in [1.54, 1.807) is 0 Å². The molecule has 3 unspecified atom stereocenters. The van der Waals surface area contributed by atoms with Gasteiger partial charge in [0.1, 0.15) is 0 Å². The van der Waals surface area contributed by atoms with Gasteiger partial charge in [-0.2, -0.15) is 0 Å². The Bertz CT molecular complexity index is 337. The maximum atomic E-state index is 11.9. The maximum Gasteiger partial charge on any atom is 0.308 e. The van der Waals surface area contributed by atoms with Gasteiger partial charge in [0, 0.05) is 38.3 Å².